The fourth-order valence-corrected chi connectivity index (χ4v) is 4.02. The monoisotopic (exact) mass is 530 g/mol. The highest BCUT2D eigenvalue weighted by Gasteiger charge is 2.38. The van der Waals surface area contributed by atoms with Crippen LogP contribution in [0.15, 0.2) is 54.7 Å². The molecule has 0 aliphatic carbocycles. The fourth-order valence-electron chi connectivity index (χ4n) is 3.90. The van der Waals surface area contributed by atoms with Gasteiger partial charge in [-0.15, -0.1) is 4.73 Å². The van der Waals surface area contributed by atoms with E-state index in [0.29, 0.717) is 33.0 Å². The molecule has 2 heterocycles. The van der Waals surface area contributed by atoms with Crippen LogP contribution in [-0.4, -0.2) is 24.0 Å². The van der Waals surface area contributed by atoms with Crippen molar-refractivity contribution in [3.8, 4) is 17.0 Å². The third-order valence-electron chi connectivity index (χ3n) is 5.55. The van der Waals surface area contributed by atoms with E-state index in [-0.39, 0.29) is 42.6 Å². The third kappa shape index (κ3) is 5.35. The quantitative estimate of drug-likeness (QED) is 0.233. The van der Waals surface area contributed by atoms with Crippen LogP contribution in [0.2, 0.25) is 5.02 Å². The molecule has 1 aliphatic rings. The molecule has 0 N–H and O–H groups in total. The topological polar surface area (TPSA) is 56.5 Å². The number of hydrogen-bond acceptors (Lipinski definition) is 3. The second-order valence-electron chi connectivity index (χ2n) is 8.09. The van der Waals surface area contributed by atoms with Gasteiger partial charge < -0.3 is 14.8 Å². The van der Waals surface area contributed by atoms with Gasteiger partial charge in [0, 0.05) is 29.7 Å². The van der Waals surface area contributed by atoms with E-state index in [4.69, 9.17) is 16.3 Å². The van der Waals surface area contributed by atoms with Crippen molar-refractivity contribution in [2.45, 2.75) is 25.3 Å². The smallest absolute Gasteiger partial charge is 0.416 e. The second-order valence-corrected chi connectivity index (χ2v) is 8.52. The van der Waals surface area contributed by atoms with Crippen LogP contribution in [0.25, 0.3) is 11.1 Å². The minimum Gasteiger partial charge on any atom is -0.616 e. The van der Waals surface area contributed by atoms with Crippen molar-refractivity contribution in [3.63, 3.8) is 0 Å². The zero-order chi connectivity index (χ0) is 26.3. The highest BCUT2D eigenvalue weighted by atomic mass is 35.5. The maximum absolute atomic E-state index is 13.6. The van der Waals surface area contributed by atoms with Gasteiger partial charge in [0.05, 0.1) is 17.7 Å². The molecule has 0 spiro atoms. The number of alkyl halides is 6. The number of benzene rings is 2. The number of pyridine rings is 1. The summed E-state index contributed by atoms with van der Waals surface area (Å²) in [5, 5.41) is 12.9. The van der Waals surface area contributed by atoms with E-state index in [1.807, 2.05) is 0 Å². The minimum absolute atomic E-state index is 0.000513. The Labute approximate surface area is 206 Å². The van der Waals surface area contributed by atoms with Crippen LogP contribution in [0.4, 0.5) is 26.3 Å². The SMILES string of the molecule is O=C1c2c(-c3ccc(Cl)cc3)cc[n+]([O-])c2OCCCN1Cc1cc(C(F)(F)F)cc(C(F)(F)F)c1. The number of ether oxygens (including phenoxy) is 1. The van der Waals surface area contributed by atoms with Crippen molar-refractivity contribution in [2.75, 3.05) is 13.2 Å². The average molecular weight is 531 g/mol. The van der Waals surface area contributed by atoms with E-state index < -0.39 is 35.9 Å². The van der Waals surface area contributed by atoms with Crippen molar-refractivity contribution in [2.24, 2.45) is 0 Å². The summed E-state index contributed by atoms with van der Waals surface area (Å²) < 4.78 is 85.7. The van der Waals surface area contributed by atoms with Gasteiger partial charge in [-0.05, 0) is 47.9 Å². The number of fused-ring (bicyclic) bond motifs is 1. The minimum atomic E-state index is -5.02. The molecule has 1 aromatic heterocycles. The maximum atomic E-state index is 13.6. The van der Waals surface area contributed by atoms with Crippen LogP contribution in [0.5, 0.6) is 5.88 Å². The highest BCUT2D eigenvalue weighted by molar-refractivity contribution is 6.30. The summed E-state index contributed by atoms with van der Waals surface area (Å²) >= 11 is 5.93. The molecule has 0 saturated heterocycles. The van der Waals surface area contributed by atoms with Gasteiger partial charge in [0.2, 0.25) is 0 Å². The number of halogens is 7. The van der Waals surface area contributed by atoms with Gasteiger partial charge in [0.25, 0.3) is 5.91 Å². The predicted molar refractivity (Wildman–Crippen MR) is 117 cm³/mol. The molecule has 4 rings (SSSR count). The first-order valence-electron chi connectivity index (χ1n) is 10.6. The standard InChI is InChI=1S/C24H17ClF6N2O3/c25-18-4-2-15(3-5-18)19-6-8-33(35)22-20(19)21(34)32(7-1-9-36-22)13-14-10-16(23(26,27)28)12-17(11-14)24(29,30)31/h2-6,8,10-12H,1,7,9,13H2. The van der Waals surface area contributed by atoms with E-state index in [2.05, 4.69) is 0 Å². The third-order valence-corrected chi connectivity index (χ3v) is 5.80. The molecule has 0 bridgehead atoms. The van der Waals surface area contributed by atoms with Crippen LogP contribution < -0.4 is 9.47 Å². The average Bonchev–Trinajstić information content (AvgIpc) is 2.79. The molecule has 0 unspecified atom stereocenters. The first-order chi connectivity index (χ1) is 16.8. The highest BCUT2D eigenvalue weighted by Crippen LogP contribution is 2.37. The van der Waals surface area contributed by atoms with Gasteiger partial charge in [-0.2, -0.15) is 26.3 Å². The Balaban J connectivity index is 1.79. The molecule has 2 aromatic carbocycles. The lowest BCUT2D eigenvalue weighted by molar-refractivity contribution is -0.613. The van der Waals surface area contributed by atoms with Crippen LogP contribution in [0, 0.1) is 5.21 Å². The van der Waals surface area contributed by atoms with E-state index in [1.165, 1.54) is 6.07 Å². The van der Waals surface area contributed by atoms with Crippen molar-refractivity contribution in [1.82, 2.24) is 4.90 Å². The molecule has 190 valence electrons. The molecular formula is C24H17ClF6N2O3. The molecule has 0 fully saturated rings. The number of hydrogen-bond donors (Lipinski definition) is 0. The van der Waals surface area contributed by atoms with Crippen molar-refractivity contribution in [1.29, 1.82) is 0 Å². The summed E-state index contributed by atoms with van der Waals surface area (Å²) in [6.45, 7) is -0.567. The van der Waals surface area contributed by atoms with Gasteiger partial charge in [-0.3, -0.25) is 4.79 Å². The van der Waals surface area contributed by atoms with Crippen molar-refractivity contribution < 1.29 is 40.6 Å². The van der Waals surface area contributed by atoms with E-state index >= 15 is 0 Å². The Morgan fingerprint density at radius 3 is 2.17 bits per heavy atom. The molecular weight excluding hydrogens is 514 g/mol. The van der Waals surface area contributed by atoms with Gasteiger partial charge in [0.15, 0.2) is 11.8 Å². The Kier molecular flexibility index (Phi) is 6.78. The first-order valence-corrected chi connectivity index (χ1v) is 10.9. The summed E-state index contributed by atoms with van der Waals surface area (Å²) in [6.07, 6.45) is -8.70. The summed E-state index contributed by atoms with van der Waals surface area (Å²) in [4.78, 5) is 14.7. The number of amides is 1. The Hall–Kier alpha value is -3.47. The molecule has 0 saturated carbocycles. The van der Waals surface area contributed by atoms with Crippen LogP contribution in [0.3, 0.4) is 0 Å². The fraction of sp³-hybridized carbons (Fsp3) is 0.250. The lowest BCUT2D eigenvalue weighted by atomic mass is 9.99. The zero-order valence-corrected chi connectivity index (χ0v) is 19.0. The van der Waals surface area contributed by atoms with Crippen LogP contribution in [-0.2, 0) is 18.9 Å². The summed E-state index contributed by atoms with van der Waals surface area (Å²) in [5.41, 5.74) is -2.66. The maximum Gasteiger partial charge on any atom is 0.416 e. The van der Waals surface area contributed by atoms with Crippen LogP contribution >= 0.6 is 11.6 Å². The van der Waals surface area contributed by atoms with Gasteiger partial charge >= 0.3 is 18.2 Å². The number of nitrogens with zero attached hydrogens (tertiary/aromatic N) is 2. The van der Waals surface area contributed by atoms with Gasteiger partial charge in [-0.25, -0.2) is 0 Å². The predicted octanol–water partition coefficient (Wildman–Crippen LogP) is 6.10. The largest absolute Gasteiger partial charge is 0.616 e. The second kappa shape index (κ2) is 9.53. The summed E-state index contributed by atoms with van der Waals surface area (Å²) in [7, 11) is 0. The Morgan fingerprint density at radius 1 is 0.972 bits per heavy atom. The molecule has 0 atom stereocenters. The normalized spacial score (nSPS) is 14.6. The number of carbonyl (C=O) groups is 1. The van der Waals surface area contributed by atoms with Crippen molar-refractivity contribution >= 4 is 17.5 Å². The Morgan fingerprint density at radius 2 is 1.58 bits per heavy atom. The molecule has 1 amide bonds. The summed E-state index contributed by atoms with van der Waals surface area (Å²) in [6, 6.07) is 8.90. The molecule has 3 aromatic rings. The molecule has 12 heteroatoms. The van der Waals surface area contributed by atoms with E-state index in [0.717, 1.165) is 11.1 Å². The molecule has 0 radical (unpaired) electrons. The van der Waals surface area contributed by atoms with Crippen molar-refractivity contribution in [3.05, 3.63) is 87.2 Å². The number of carbonyl (C=O) groups excluding carboxylic acids is 1. The molecule has 1 aliphatic heterocycles. The number of aromatic nitrogens is 1. The van der Waals surface area contributed by atoms with Gasteiger partial charge in [0.1, 0.15) is 0 Å². The number of rotatable bonds is 3. The van der Waals surface area contributed by atoms with E-state index in [9.17, 15) is 36.3 Å². The Bertz CT molecular complexity index is 1260. The van der Waals surface area contributed by atoms with Crippen LogP contribution in [0.1, 0.15) is 33.5 Å². The summed E-state index contributed by atoms with van der Waals surface area (Å²) in [5.74, 6) is -1.08. The first kappa shape index (κ1) is 25.6. The molecule has 5 nitrogen and oxygen atoms in total. The lowest BCUT2D eigenvalue weighted by Gasteiger charge is -2.27. The van der Waals surface area contributed by atoms with E-state index in [1.54, 1.807) is 24.3 Å². The lowest BCUT2D eigenvalue weighted by Crippen LogP contribution is -2.39. The van der Waals surface area contributed by atoms with Gasteiger partial charge in [-0.1, -0.05) is 23.7 Å². The zero-order valence-electron chi connectivity index (χ0n) is 18.3. The molecule has 36 heavy (non-hydrogen) atoms.